The van der Waals surface area contributed by atoms with Gasteiger partial charge in [-0.1, -0.05) is 32.8 Å². The molecule has 1 rings (SSSR count). The van der Waals surface area contributed by atoms with Gasteiger partial charge in [-0.25, -0.2) is 0 Å². The summed E-state index contributed by atoms with van der Waals surface area (Å²) in [5, 5.41) is 2.93. The number of benzene rings is 1. The van der Waals surface area contributed by atoms with Crippen molar-refractivity contribution in [1.82, 2.24) is 5.32 Å². The molecular formula is C15H25N3O. The first-order valence-corrected chi connectivity index (χ1v) is 6.90. The quantitative estimate of drug-likeness (QED) is 0.402. The van der Waals surface area contributed by atoms with Crippen LogP contribution in [0.2, 0.25) is 0 Å². The van der Waals surface area contributed by atoms with Crippen LogP contribution >= 0.6 is 0 Å². The number of amides is 1. The maximum atomic E-state index is 12.0. The highest BCUT2D eigenvalue weighted by molar-refractivity contribution is 5.99. The van der Waals surface area contributed by atoms with Crippen LogP contribution in [0.1, 0.15) is 49.0 Å². The molecule has 0 heterocycles. The molecule has 4 nitrogen and oxygen atoms in total. The van der Waals surface area contributed by atoms with Crippen LogP contribution in [0.3, 0.4) is 0 Å². The van der Waals surface area contributed by atoms with Gasteiger partial charge in [0.25, 0.3) is 5.91 Å². The lowest BCUT2D eigenvalue weighted by Crippen LogP contribution is -2.26. The number of nitrogens with one attached hydrogen (secondary N) is 2. The Bertz CT molecular complexity index is 416. The van der Waals surface area contributed by atoms with Crippen LogP contribution in [0.4, 0.5) is 5.69 Å². The Kier molecular flexibility index (Phi) is 6.36. The van der Waals surface area contributed by atoms with Gasteiger partial charge in [-0.15, -0.1) is 0 Å². The van der Waals surface area contributed by atoms with E-state index >= 15 is 0 Å². The zero-order valence-electron chi connectivity index (χ0n) is 12.1. The van der Waals surface area contributed by atoms with Crippen molar-refractivity contribution in [2.75, 3.05) is 12.0 Å². The molecule has 1 aromatic rings. The van der Waals surface area contributed by atoms with Gasteiger partial charge < -0.3 is 10.7 Å². The highest BCUT2D eigenvalue weighted by Gasteiger charge is 2.10. The Morgan fingerprint density at radius 2 is 2.05 bits per heavy atom. The Morgan fingerprint density at radius 3 is 2.68 bits per heavy atom. The van der Waals surface area contributed by atoms with E-state index < -0.39 is 0 Å². The van der Waals surface area contributed by atoms with Crippen LogP contribution in [0.5, 0.6) is 0 Å². The number of nitrogen functional groups attached to an aromatic ring is 1. The lowest BCUT2D eigenvalue weighted by Gasteiger charge is -2.11. The van der Waals surface area contributed by atoms with Crippen molar-refractivity contribution < 1.29 is 4.79 Å². The SMILES string of the molecule is Cc1ccc(C(=O)NCCCCC(C)C)c(NN)c1. The standard InChI is InChI=1S/C15H25N3O/c1-11(2)6-4-5-9-17-15(19)13-8-7-12(3)10-14(13)18-16/h7-8,10-11,18H,4-6,9,16H2,1-3H3,(H,17,19). The Hall–Kier alpha value is -1.55. The van der Waals surface area contributed by atoms with Crippen LogP contribution in [-0.4, -0.2) is 12.5 Å². The maximum absolute atomic E-state index is 12.0. The average Bonchev–Trinajstić information content (AvgIpc) is 2.37. The molecule has 0 fully saturated rings. The summed E-state index contributed by atoms with van der Waals surface area (Å²) in [5.74, 6) is 6.09. The zero-order valence-corrected chi connectivity index (χ0v) is 12.1. The average molecular weight is 263 g/mol. The monoisotopic (exact) mass is 263 g/mol. The summed E-state index contributed by atoms with van der Waals surface area (Å²) in [6, 6.07) is 5.58. The van der Waals surface area contributed by atoms with Crippen molar-refractivity contribution in [3.8, 4) is 0 Å². The van der Waals surface area contributed by atoms with E-state index in [1.165, 1.54) is 6.42 Å². The van der Waals surface area contributed by atoms with Crippen molar-refractivity contribution in [3.63, 3.8) is 0 Å². The normalized spacial score (nSPS) is 10.6. The molecule has 1 aromatic carbocycles. The summed E-state index contributed by atoms with van der Waals surface area (Å²) in [7, 11) is 0. The second-order valence-electron chi connectivity index (χ2n) is 5.34. The molecule has 0 spiro atoms. The van der Waals surface area contributed by atoms with E-state index in [1.807, 2.05) is 19.1 Å². The molecule has 0 radical (unpaired) electrons. The van der Waals surface area contributed by atoms with Crippen molar-refractivity contribution in [3.05, 3.63) is 29.3 Å². The minimum atomic E-state index is -0.0718. The molecule has 4 heteroatoms. The van der Waals surface area contributed by atoms with Crippen LogP contribution < -0.4 is 16.6 Å². The number of carbonyl (C=O) groups excluding carboxylic acids is 1. The number of rotatable bonds is 7. The molecule has 0 atom stereocenters. The molecule has 0 aliphatic rings. The molecule has 4 N–H and O–H groups in total. The Balaban J connectivity index is 2.45. The van der Waals surface area contributed by atoms with Gasteiger partial charge in [-0.05, 0) is 37.0 Å². The van der Waals surface area contributed by atoms with Crippen molar-refractivity contribution >= 4 is 11.6 Å². The van der Waals surface area contributed by atoms with Crippen molar-refractivity contribution in [2.45, 2.75) is 40.0 Å². The van der Waals surface area contributed by atoms with Gasteiger partial charge >= 0.3 is 0 Å². The van der Waals surface area contributed by atoms with Gasteiger partial charge in [-0.3, -0.25) is 10.6 Å². The van der Waals surface area contributed by atoms with Crippen molar-refractivity contribution in [2.24, 2.45) is 11.8 Å². The number of carbonyl (C=O) groups is 1. The third kappa shape index (κ3) is 5.30. The van der Waals surface area contributed by atoms with E-state index in [4.69, 9.17) is 5.84 Å². The fourth-order valence-corrected chi connectivity index (χ4v) is 1.95. The van der Waals surface area contributed by atoms with Crippen LogP contribution in [0.25, 0.3) is 0 Å². The number of aryl methyl sites for hydroxylation is 1. The predicted octanol–water partition coefficient (Wildman–Crippen LogP) is 2.84. The Labute approximate surface area is 115 Å². The number of hydrogen-bond donors (Lipinski definition) is 3. The topological polar surface area (TPSA) is 67.2 Å². The van der Waals surface area contributed by atoms with E-state index in [0.29, 0.717) is 17.8 Å². The largest absolute Gasteiger partial charge is 0.352 e. The fourth-order valence-electron chi connectivity index (χ4n) is 1.95. The summed E-state index contributed by atoms with van der Waals surface area (Å²) < 4.78 is 0. The molecule has 0 saturated carbocycles. The second-order valence-corrected chi connectivity index (χ2v) is 5.34. The first kappa shape index (κ1) is 15.5. The molecule has 0 unspecified atom stereocenters. The number of unbranched alkanes of at least 4 members (excludes halogenated alkanes) is 1. The van der Waals surface area contributed by atoms with Gasteiger partial charge in [0.1, 0.15) is 0 Å². The molecular weight excluding hydrogens is 238 g/mol. The first-order valence-electron chi connectivity index (χ1n) is 6.90. The lowest BCUT2D eigenvalue weighted by molar-refractivity contribution is 0.0953. The molecule has 1 amide bonds. The van der Waals surface area contributed by atoms with E-state index in [-0.39, 0.29) is 5.91 Å². The minimum Gasteiger partial charge on any atom is -0.352 e. The summed E-state index contributed by atoms with van der Waals surface area (Å²) in [5.41, 5.74) is 4.90. The maximum Gasteiger partial charge on any atom is 0.253 e. The molecule has 19 heavy (non-hydrogen) atoms. The molecule has 0 aliphatic heterocycles. The lowest BCUT2D eigenvalue weighted by atomic mass is 10.1. The minimum absolute atomic E-state index is 0.0718. The van der Waals surface area contributed by atoms with Gasteiger partial charge in [0.15, 0.2) is 0 Å². The number of hydrogen-bond acceptors (Lipinski definition) is 3. The number of nitrogens with two attached hydrogens (primary N) is 1. The summed E-state index contributed by atoms with van der Waals surface area (Å²) in [4.78, 5) is 12.0. The highest BCUT2D eigenvalue weighted by atomic mass is 16.1. The number of hydrazine groups is 1. The molecule has 0 bridgehead atoms. The molecule has 0 saturated heterocycles. The summed E-state index contributed by atoms with van der Waals surface area (Å²) in [6.45, 7) is 7.10. The van der Waals surface area contributed by atoms with Gasteiger partial charge in [-0.2, -0.15) is 0 Å². The van der Waals surface area contributed by atoms with Crippen LogP contribution in [-0.2, 0) is 0 Å². The van der Waals surface area contributed by atoms with Gasteiger partial charge in [0.05, 0.1) is 11.3 Å². The third-order valence-corrected chi connectivity index (χ3v) is 3.07. The van der Waals surface area contributed by atoms with Crippen molar-refractivity contribution in [1.29, 1.82) is 0 Å². The van der Waals surface area contributed by atoms with Gasteiger partial charge in [0.2, 0.25) is 0 Å². The van der Waals surface area contributed by atoms with Crippen LogP contribution in [0, 0.1) is 12.8 Å². The van der Waals surface area contributed by atoms with E-state index in [1.54, 1.807) is 6.07 Å². The fraction of sp³-hybridized carbons (Fsp3) is 0.533. The van der Waals surface area contributed by atoms with E-state index in [9.17, 15) is 4.79 Å². The molecule has 0 aliphatic carbocycles. The van der Waals surface area contributed by atoms with Crippen LogP contribution in [0.15, 0.2) is 18.2 Å². The van der Waals surface area contributed by atoms with Gasteiger partial charge in [0, 0.05) is 6.54 Å². The Morgan fingerprint density at radius 1 is 1.32 bits per heavy atom. The third-order valence-electron chi connectivity index (χ3n) is 3.07. The smallest absolute Gasteiger partial charge is 0.253 e. The summed E-state index contributed by atoms with van der Waals surface area (Å²) in [6.07, 6.45) is 3.37. The molecule has 0 aromatic heterocycles. The zero-order chi connectivity index (χ0) is 14.3. The molecule has 106 valence electrons. The highest BCUT2D eigenvalue weighted by Crippen LogP contribution is 2.16. The first-order chi connectivity index (χ1) is 9.04. The summed E-state index contributed by atoms with van der Waals surface area (Å²) >= 11 is 0. The second kappa shape index (κ2) is 7.79. The number of anilines is 1. The predicted molar refractivity (Wildman–Crippen MR) is 80.0 cm³/mol. The van der Waals surface area contributed by atoms with E-state index in [0.717, 1.165) is 24.3 Å². The van der Waals surface area contributed by atoms with E-state index in [2.05, 4.69) is 24.6 Å².